The maximum Gasteiger partial charge on any atom is 0.238 e. The molecule has 1 saturated heterocycles. The Morgan fingerprint density at radius 3 is 2.67 bits per heavy atom. The van der Waals surface area contributed by atoms with Gasteiger partial charge in [0.15, 0.2) is 11.6 Å². The second-order valence-electron chi connectivity index (χ2n) is 6.09. The second-order valence-corrected chi connectivity index (χ2v) is 6.09. The van der Waals surface area contributed by atoms with Crippen molar-refractivity contribution in [2.45, 2.75) is 44.8 Å². The summed E-state index contributed by atoms with van der Waals surface area (Å²) in [6, 6.07) is 4.04. The first-order valence-electron chi connectivity index (χ1n) is 7.57. The van der Waals surface area contributed by atoms with E-state index in [-0.39, 0.29) is 24.7 Å². The lowest BCUT2D eigenvalue weighted by molar-refractivity contribution is -0.132. The second kappa shape index (κ2) is 5.72. The summed E-state index contributed by atoms with van der Waals surface area (Å²) >= 11 is 0. The number of benzene rings is 1. The summed E-state index contributed by atoms with van der Waals surface area (Å²) in [5.74, 6) is -1.25. The maximum atomic E-state index is 13.5. The van der Waals surface area contributed by atoms with Crippen LogP contribution in [0.2, 0.25) is 0 Å². The normalized spacial score (nSPS) is 30.0. The molecule has 3 unspecified atom stereocenters. The molecule has 2 aliphatic rings. The molecule has 1 amide bonds. The minimum absolute atomic E-state index is 0.0449. The highest BCUT2D eigenvalue weighted by molar-refractivity contribution is 5.81. The van der Waals surface area contributed by atoms with Gasteiger partial charge in [0, 0.05) is 6.04 Å². The number of nitrogens with one attached hydrogen (secondary N) is 1. The quantitative estimate of drug-likeness (QED) is 0.909. The van der Waals surface area contributed by atoms with Crippen molar-refractivity contribution in [3.8, 4) is 0 Å². The number of halogens is 2. The number of hydrogen-bond acceptors (Lipinski definition) is 2. The lowest BCUT2D eigenvalue weighted by Crippen LogP contribution is -2.44. The average molecular weight is 294 g/mol. The van der Waals surface area contributed by atoms with Crippen LogP contribution < -0.4 is 5.32 Å². The van der Waals surface area contributed by atoms with Crippen molar-refractivity contribution in [2.24, 2.45) is 5.92 Å². The van der Waals surface area contributed by atoms with Gasteiger partial charge in [0.1, 0.15) is 6.17 Å². The van der Waals surface area contributed by atoms with E-state index in [1.54, 1.807) is 6.07 Å². The van der Waals surface area contributed by atoms with Crippen molar-refractivity contribution in [1.29, 1.82) is 0 Å². The van der Waals surface area contributed by atoms with Gasteiger partial charge in [-0.1, -0.05) is 25.8 Å². The predicted octanol–water partition coefficient (Wildman–Crippen LogP) is 2.97. The van der Waals surface area contributed by atoms with Gasteiger partial charge in [-0.2, -0.15) is 0 Å². The summed E-state index contributed by atoms with van der Waals surface area (Å²) in [4.78, 5) is 14.1. The monoisotopic (exact) mass is 294 g/mol. The minimum atomic E-state index is -0.870. The van der Waals surface area contributed by atoms with Crippen LogP contribution in [0.4, 0.5) is 8.78 Å². The molecule has 1 N–H and O–H groups in total. The molecule has 2 fully saturated rings. The van der Waals surface area contributed by atoms with Crippen LogP contribution in [-0.4, -0.2) is 23.4 Å². The van der Waals surface area contributed by atoms with Gasteiger partial charge < -0.3 is 4.90 Å². The Labute approximate surface area is 123 Å². The molecule has 0 bridgehead atoms. The van der Waals surface area contributed by atoms with E-state index >= 15 is 0 Å². The Kier molecular flexibility index (Phi) is 3.93. The van der Waals surface area contributed by atoms with E-state index in [4.69, 9.17) is 0 Å². The summed E-state index contributed by atoms with van der Waals surface area (Å²) in [5, 5.41) is 3.12. The number of carbonyl (C=O) groups is 1. The number of carbonyl (C=O) groups excluding carboxylic acids is 1. The zero-order valence-corrected chi connectivity index (χ0v) is 12.1. The fourth-order valence-electron chi connectivity index (χ4n) is 3.56. The molecule has 1 aliphatic heterocycles. The molecule has 1 heterocycles. The van der Waals surface area contributed by atoms with E-state index in [2.05, 4.69) is 12.2 Å². The highest BCUT2D eigenvalue weighted by Gasteiger charge is 2.39. The van der Waals surface area contributed by atoms with Gasteiger partial charge in [0.25, 0.3) is 0 Å². The highest BCUT2D eigenvalue weighted by Crippen LogP contribution is 2.35. The molecule has 5 heteroatoms. The summed E-state index contributed by atoms with van der Waals surface area (Å²) in [7, 11) is 0. The van der Waals surface area contributed by atoms with Gasteiger partial charge in [-0.15, -0.1) is 0 Å². The van der Waals surface area contributed by atoms with Gasteiger partial charge in [0.2, 0.25) is 5.91 Å². The molecule has 21 heavy (non-hydrogen) atoms. The van der Waals surface area contributed by atoms with Gasteiger partial charge in [-0.05, 0) is 36.5 Å². The highest BCUT2D eigenvalue weighted by atomic mass is 19.2. The van der Waals surface area contributed by atoms with Crippen molar-refractivity contribution < 1.29 is 13.6 Å². The van der Waals surface area contributed by atoms with E-state index in [0.29, 0.717) is 11.5 Å². The fraction of sp³-hybridized carbons (Fsp3) is 0.562. The Bertz CT molecular complexity index is 549. The molecule has 3 nitrogen and oxygen atoms in total. The largest absolute Gasteiger partial charge is 0.319 e. The van der Waals surface area contributed by atoms with Gasteiger partial charge in [-0.25, -0.2) is 8.78 Å². The smallest absolute Gasteiger partial charge is 0.238 e. The summed E-state index contributed by atoms with van der Waals surface area (Å²) in [6.45, 7) is 2.42. The molecule has 0 radical (unpaired) electrons. The average Bonchev–Trinajstić information content (AvgIpc) is 2.84. The zero-order valence-electron chi connectivity index (χ0n) is 12.1. The maximum absolute atomic E-state index is 13.5. The molecule has 1 aromatic rings. The standard InChI is InChI=1S/C16H20F2N2O/c1-10-4-2-3-5-14(10)20-15(21)9-19-16(20)11-6-7-12(17)13(18)8-11/h6-8,10,14,16,19H,2-5,9H2,1H3. The van der Waals surface area contributed by atoms with Crippen LogP contribution >= 0.6 is 0 Å². The SMILES string of the molecule is CC1CCCCC1N1C(=O)CNC1c1ccc(F)c(F)c1. The lowest BCUT2D eigenvalue weighted by atomic mass is 9.84. The van der Waals surface area contributed by atoms with Crippen molar-refractivity contribution in [1.82, 2.24) is 10.2 Å². The molecule has 0 spiro atoms. The minimum Gasteiger partial charge on any atom is -0.319 e. The Balaban J connectivity index is 1.89. The first-order chi connectivity index (χ1) is 10.1. The lowest BCUT2D eigenvalue weighted by Gasteiger charge is -2.39. The topological polar surface area (TPSA) is 32.3 Å². The van der Waals surface area contributed by atoms with Crippen molar-refractivity contribution in [3.05, 3.63) is 35.4 Å². The van der Waals surface area contributed by atoms with E-state index < -0.39 is 11.6 Å². The van der Waals surface area contributed by atoms with Crippen LogP contribution in [0.1, 0.15) is 44.3 Å². The van der Waals surface area contributed by atoms with Gasteiger partial charge in [-0.3, -0.25) is 10.1 Å². The Hall–Kier alpha value is -1.49. The summed E-state index contributed by atoms with van der Waals surface area (Å²) < 4.78 is 26.6. The van der Waals surface area contributed by atoms with Crippen LogP contribution in [0.25, 0.3) is 0 Å². The van der Waals surface area contributed by atoms with Crippen LogP contribution in [0, 0.1) is 17.6 Å². The van der Waals surface area contributed by atoms with Gasteiger partial charge in [0.05, 0.1) is 6.54 Å². The number of rotatable bonds is 2. The first kappa shape index (κ1) is 14.4. The molecule has 3 atom stereocenters. The fourth-order valence-corrected chi connectivity index (χ4v) is 3.56. The molecule has 0 aromatic heterocycles. The number of amides is 1. The molecule has 3 rings (SSSR count). The van der Waals surface area contributed by atoms with Gasteiger partial charge >= 0.3 is 0 Å². The van der Waals surface area contributed by atoms with E-state index in [9.17, 15) is 13.6 Å². The Morgan fingerprint density at radius 2 is 1.95 bits per heavy atom. The first-order valence-corrected chi connectivity index (χ1v) is 7.57. The van der Waals surface area contributed by atoms with Crippen LogP contribution in [0.3, 0.4) is 0 Å². The third-order valence-electron chi connectivity index (χ3n) is 4.70. The number of nitrogens with zero attached hydrogens (tertiary/aromatic N) is 1. The molecule has 1 aliphatic carbocycles. The van der Waals surface area contributed by atoms with Crippen LogP contribution in [0.5, 0.6) is 0 Å². The molecular weight excluding hydrogens is 274 g/mol. The summed E-state index contributed by atoms with van der Waals surface area (Å²) in [6.07, 6.45) is 4.05. The van der Waals surface area contributed by atoms with Crippen LogP contribution in [-0.2, 0) is 4.79 Å². The van der Waals surface area contributed by atoms with E-state index in [0.717, 1.165) is 25.3 Å². The van der Waals surface area contributed by atoms with Crippen molar-refractivity contribution >= 4 is 5.91 Å². The molecule has 114 valence electrons. The molecular formula is C16H20F2N2O. The van der Waals surface area contributed by atoms with Crippen molar-refractivity contribution in [3.63, 3.8) is 0 Å². The van der Waals surface area contributed by atoms with Crippen molar-refractivity contribution in [2.75, 3.05) is 6.54 Å². The molecule has 1 saturated carbocycles. The third kappa shape index (κ3) is 2.67. The Morgan fingerprint density at radius 1 is 1.19 bits per heavy atom. The predicted molar refractivity (Wildman–Crippen MR) is 75.4 cm³/mol. The van der Waals surface area contributed by atoms with E-state index in [1.807, 2.05) is 4.90 Å². The third-order valence-corrected chi connectivity index (χ3v) is 4.70. The summed E-state index contributed by atoms with van der Waals surface area (Å²) in [5.41, 5.74) is 0.609. The number of hydrogen-bond donors (Lipinski definition) is 1. The molecule has 1 aromatic carbocycles. The zero-order chi connectivity index (χ0) is 15.0. The van der Waals surface area contributed by atoms with Crippen LogP contribution in [0.15, 0.2) is 18.2 Å². The van der Waals surface area contributed by atoms with E-state index in [1.165, 1.54) is 12.5 Å².